The first-order valence-corrected chi connectivity index (χ1v) is 6.76. The summed E-state index contributed by atoms with van der Waals surface area (Å²) in [5.74, 6) is 1.47. The molecule has 2 rings (SSSR count). The van der Waals surface area contributed by atoms with E-state index < -0.39 is 0 Å². The third-order valence-corrected chi connectivity index (χ3v) is 4.05. The molecule has 4 heteroatoms. The van der Waals surface area contributed by atoms with Gasteiger partial charge in [-0.05, 0) is 56.0 Å². The summed E-state index contributed by atoms with van der Waals surface area (Å²) in [4.78, 5) is 0. The Kier molecular flexibility index (Phi) is 4.29. The smallest absolute Gasteiger partial charge is 0.160 e. The number of nitrogens with one attached hydrogen (secondary N) is 1. The van der Waals surface area contributed by atoms with E-state index in [2.05, 4.69) is 21.2 Å². The predicted octanol–water partition coefficient (Wildman–Crippen LogP) is 2.71. The Morgan fingerprint density at radius 1 is 1.41 bits per heavy atom. The molecule has 0 spiro atoms. The molecular weight excluding hydrogens is 282 g/mol. The number of rotatable bonds is 3. The van der Waals surface area contributed by atoms with Crippen LogP contribution in [0.25, 0.3) is 0 Å². The maximum absolute atomic E-state index is 9.66. The Bertz CT molecular complexity index is 389. The molecule has 1 aromatic carbocycles. The SMILES string of the molecule is COc1cc(CC2CCNCC2)c(Br)cc1O. The Hall–Kier alpha value is -0.740. The van der Waals surface area contributed by atoms with Gasteiger partial charge in [-0.1, -0.05) is 15.9 Å². The molecule has 0 aromatic heterocycles. The van der Waals surface area contributed by atoms with Crippen molar-refractivity contribution in [3.8, 4) is 11.5 Å². The van der Waals surface area contributed by atoms with Crippen molar-refractivity contribution < 1.29 is 9.84 Å². The van der Waals surface area contributed by atoms with Gasteiger partial charge in [0.2, 0.25) is 0 Å². The van der Waals surface area contributed by atoms with Crippen LogP contribution in [-0.4, -0.2) is 25.3 Å². The lowest BCUT2D eigenvalue weighted by atomic mass is 9.91. The van der Waals surface area contributed by atoms with Gasteiger partial charge in [0.15, 0.2) is 11.5 Å². The van der Waals surface area contributed by atoms with Crippen LogP contribution in [0.5, 0.6) is 11.5 Å². The third-order valence-electron chi connectivity index (χ3n) is 3.32. The molecular formula is C13H18BrNO2. The van der Waals surface area contributed by atoms with Gasteiger partial charge in [0.1, 0.15) is 0 Å². The van der Waals surface area contributed by atoms with Gasteiger partial charge in [0.25, 0.3) is 0 Å². The summed E-state index contributed by atoms with van der Waals surface area (Å²) in [6.07, 6.45) is 3.48. The van der Waals surface area contributed by atoms with Crippen molar-refractivity contribution >= 4 is 15.9 Å². The highest BCUT2D eigenvalue weighted by Gasteiger charge is 2.16. The van der Waals surface area contributed by atoms with Crippen LogP contribution in [0.3, 0.4) is 0 Å². The van der Waals surface area contributed by atoms with Crippen molar-refractivity contribution in [2.24, 2.45) is 5.92 Å². The van der Waals surface area contributed by atoms with E-state index >= 15 is 0 Å². The van der Waals surface area contributed by atoms with Crippen molar-refractivity contribution in [1.29, 1.82) is 0 Å². The quantitative estimate of drug-likeness (QED) is 0.902. The average Bonchev–Trinajstić information content (AvgIpc) is 2.34. The third kappa shape index (κ3) is 3.13. The van der Waals surface area contributed by atoms with Gasteiger partial charge in [-0.2, -0.15) is 0 Å². The van der Waals surface area contributed by atoms with E-state index in [0.717, 1.165) is 29.9 Å². The maximum atomic E-state index is 9.66. The van der Waals surface area contributed by atoms with Gasteiger partial charge in [0, 0.05) is 4.47 Å². The average molecular weight is 300 g/mol. The molecule has 1 heterocycles. The number of aromatic hydroxyl groups is 1. The molecule has 1 aliphatic heterocycles. The van der Waals surface area contributed by atoms with Crippen molar-refractivity contribution in [3.05, 3.63) is 22.2 Å². The minimum absolute atomic E-state index is 0.188. The van der Waals surface area contributed by atoms with E-state index in [0.29, 0.717) is 5.75 Å². The fraction of sp³-hybridized carbons (Fsp3) is 0.538. The second kappa shape index (κ2) is 5.74. The molecule has 0 atom stereocenters. The minimum atomic E-state index is 0.188. The molecule has 0 radical (unpaired) electrons. The van der Waals surface area contributed by atoms with Gasteiger partial charge >= 0.3 is 0 Å². The fourth-order valence-corrected chi connectivity index (χ4v) is 2.79. The summed E-state index contributed by atoms with van der Waals surface area (Å²) < 4.78 is 6.11. The van der Waals surface area contributed by atoms with Crippen LogP contribution < -0.4 is 10.1 Å². The lowest BCUT2D eigenvalue weighted by molar-refractivity contribution is 0.363. The molecule has 0 saturated carbocycles. The minimum Gasteiger partial charge on any atom is -0.504 e. The molecule has 1 aliphatic rings. The Morgan fingerprint density at radius 3 is 2.76 bits per heavy atom. The monoisotopic (exact) mass is 299 g/mol. The van der Waals surface area contributed by atoms with E-state index in [1.54, 1.807) is 13.2 Å². The first kappa shape index (κ1) is 12.7. The van der Waals surface area contributed by atoms with Crippen LogP contribution in [0.2, 0.25) is 0 Å². The zero-order valence-electron chi connectivity index (χ0n) is 10.0. The van der Waals surface area contributed by atoms with Gasteiger partial charge in [0.05, 0.1) is 7.11 Å². The van der Waals surface area contributed by atoms with E-state index in [9.17, 15) is 5.11 Å². The van der Waals surface area contributed by atoms with E-state index in [1.807, 2.05) is 6.07 Å². The number of methoxy groups -OCH3 is 1. The lowest BCUT2D eigenvalue weighted by Crippen LogP contribution is -2.28. The lowest BCUT2D eigenvalue weighted by Gasteiger charge is -2.23. The summed E-state index contributed by atoms with van der Waals surface area (Å²) in [6, 6.07) is 3.65. The Balaban J connectivity index is 2.13. The van der Waals surface area contributed by atoms with E-state index in [1.165, 1.54) is 18.4 Å². The molecule has 0 amide bonds. The van der Waals surface area contributed by atoms with Crippen molar-refractivity contribution in [2.45, 2.75) is 19.3 Å². The molecule has 1 aromatic rings. The number of phenolic OH excluding ortho intramolecular Hbond substituents is 1. The summed E-state index contributed by atoms with van der Waals surface area (Å²) in [5.41, 5.74) is 1.21. The molecule has 0 bridgehead atoms. The standard InChI is InChI=1S/C13H18BrNO2/c1-17-13-7-10(11(14)8-12(13)16)6-9-2-4-15-5-3-9/h7-9,15-16H,2-6H2,1H3. The number of halogens is 1. The Morgan fingerprint density at radius 2 is 2.12 bits per heavy atom. The van der Waals surface area contributed by atoms with Crippen LogP contribution in [0.15, 0.2) is 16.6 Å². The summed E-state index contributed by atoms with van der Waals surface area (Å²) in [5, 5.41) is 13.0. The normalized spacial score (nSPS) is 17.1. The fourth-order valence-electron chi connectivity index (χ4n) is 2.30. The number of phenols is 1. The number of ether oxygens (including phenoxy) is 1. The maximum Gasteiger partial charge on any atom is 0.160 e. The molecule has 1 fully saturated rings. The number of benzene rings is 1. The molecule has 3 nitrogen and oxygen atoms in total. The van der Waals surface area contributed by atoms with Crippen molar-refractivity contribution in [1.82, 2.24) is 5.32 Å². The predicted molar refractivity (Wildman–Crippen MR) is 71.7 cm³/mol. The molecule has 0 aliphatic carbocycles. The highest BCUT2D eigenvalue weighted by atomic mass is 79.9. The van der Waals surface area contributed by atoms with Crippen LogP contribution in [0.4, 0.5) is 0 Å². The second-order valence-electron chi connectivity index (χ2n) is 4.51. The molecule has 17 heavy (non-hydrogen) atoms. The van der Waals surface area contributed by atoms with Crippen molar-refractivity contribution in [2.75, 3.05) is 20.2 Å². The number of piperidine rings is 1. The van der Waals surface area contributed by atoms with Crippen molar-refractivity contribution in [3.63, 3.8) is 0 Å². The second-order valence-corrected chi connectivity index (χ2v) is 5.37. The summed E-state index contributed by atoms with van der Waals surface area (Å²) in [6.45, 7) is 2.22. The summed E-state index contributed by atoms with van der Waals surface area (Å²) in [7, 11) is 1.58. The first-order chi connectivity index (χ1) is 8.20. The number of hydrogen-bond donors (Lipinski definition) is 2. The first-order valence-electron chi connectivity index (χ1n) is 5.97. The largest absolute Gasteiger partial charge is 0.504 e. The zero-order valence-corrected chi connectivity index (χ0v) is 11.6. The van der Waals surface area contributed by atoms with Crippen LogP contribution in [0, 0.1) is 5.92 Å². The van der Waals surface area contributed by atoms with Crippen LogP contribution in [0.1, 0.15) is 18.4 Å². The van der Waals surface area contributed by atoms with Gasteiger partial charge in [-0.15, -0.1) is 0 Å². The molecule has 94 valence electrons. The van der Waals surface area contributed by atoms with Gasteiger partial charge < -0.3 is 15.2 Å². The van der Waals surface area contributed by atoms with E-state index in [-0.39, 0.29) is 5.75 Å². The van der Waals surface area contributed by atoms with Gasteiger partial charge in [-0.25, -0.2) is 0 Å². The molecule has 0 unspecified atom stereocenters. The highest BCUT2D eigenvalue weighted by Crippen LogP contribution is 2.34. The van der Waals surface area contributed by atoms with E-state index in [4.69, 9.17) is 4.74 Å². The summed E-state index contributed by atoms with van der Waals surface area (Å²) >= 11 is 3.51. The zero-order chi connectivity index (χ0) is 12.3. The Labute approximate surface area is 110 Å². The number of hydrogen-bond acceptors (Lipinski definition) is 3. The highest BCUT2D eigenvalue weighted by molar-refractivity contribution is 9.10. The topological polar surface area (TPSA) is 41.5 Å². The molecule has 1 saturated heterocycles. The molecule has 2 N–H and O–H groups in total. The van der Waals surface area contributed by atoms with Crippen LogP contribution in [-0.2, 0) is 6.42 Å². The van der Waals surface area contributed by atoms with Gasteiger partial charge in [-0.3, -0.25) is 0 Å². The van der Waals surface area contributed by atoms with Crippen LogP contribution >= 0.6 is 15.9 Å².